The van der Waals surface area contributed by atoms with E-state index in [9.17, 15) is 4.79 Å². The first-order chi connectivity index (χ1) is 10.9. The van der Waals surface area contributed by atoms with Gasteiger partial charge in [-0.2, -0.15) is 0 Å². The van der Waals surface area contributed by atoms with Crippen molar-refractivity contribution >= 4 is 5.91 Å². The Morgan fingerprint density at radius 3 is 2.70 bits per heavy atom. The molecular weight excluding hydrogens is 292 g/mol. The molecule has 0 spiro atoms. The molecule has 1 atom stereocenters. The summed E-state index contributed by atoms with van der Waals surface area (Å²) >= 11 is 0. The highest BCUT2D eigenvalue weighted by Gasteiger charge is 2.16. The predicted octanol–water partition coefficient (Wildman–Crippen LogP) is 3.42. The van der Waals surface area contributed by atoms with Crippen molar-refractivity contribution in [1.29, 1.82) is 0 Å². The van der Waals surface area contributed by atoms with E-state index in [0.717, 1.165) is 33.9 Å². The Bertz CT molecular complexity index is 672. The van der Waals surface area contributed by atoms with Gasteiger partial charge in [-0.05, 0) is 40.2 Å². The van der Waals surface area contributed by atoms with E-state index in [0.29, 0.717) is 12.8 Å². The van der Waals surface area contributed by atoms with Gasteiger partial charge < -0.3 is 14.6 Å². The fourth-order valence-electron chi connectivity index (χ4n) is 2.68. The largest absolute Gasteiger partial charge is 0.496 e. The summed E-state index contributed by atoms with van der Waals surface area (Å²) in [7, 11) is 1.64. The van der Waals surface area contributed by atoms with E-state index in [2.05, 4.69) is 10.5 Å². The highest BCUT2D eigenvalue weighted by Crippen LogP contribution is 2.26. The van der Waals surface area contributed by atoms with Crippen LogP contribution < -0.4 is 10.1 Å². The molecule has 0 aliphatic carbocycles. The Labute approximate surface area is 137 Å². The summed E-state index contributed by atoms with van der Waals surface area (Å²) in [6, 6.07) is 5.85. The third-order valence-corrected chi connectivity index (χ3v) is 4.01. The van der Waals surface area contributed by atoms with Crippen molar-refractivity contribution in [3.63, 3.8) is 0 Å². The molecule has 0 unspecified atom stereocenters. The third-order valence-electron chi connectivity index (χ3n) is 4.01. The molecule has 1 aromatic heterocycles. The van der Waals surface area contributed by atoms with Crippen LogP contribution in [0.4, 0.5) is 0 Å². The van der Waals surface area contributed by atoms with Crippen molar-refractivity contribution in [2.45, 2.75) is 46.6 Å². The normalized spacial score (nSPS) is 12.0. The smallest absolute Gasteiger partial charge is 0.220 e. The number of hydrogen-bond acceptors (Lipinski definition) is 4. The number of ether oxygens (including phenoxy) is 1. The van der Waals surface area contributed by atoms with E-state index in [1.165, 1.54) is 0 Å². The van der Waals surface area contributed by atoms with Gasteiger partial charge in [0, 0.05) is 17.5 Å². The molecule has 0 radical (unpaired) electrons. The maximum Gasteiger partial charge on any atom is 0.220 e. The molecule has 2 rings (SSSR count). The zero-order valence-corrected chi connectivity index (χ0v) is 14.4. The van der Waals surface area contributed by atoms with Crippen LogP contribution >= 0.6 is 0 Å². The van der Waals surface area contributed by atoms with E-state index < -0.39 is 0 Å². The Morgan fingerprint density at radius 1 is 1.35 bits per heavy atom. The molecule has 1 heterocycles. The van der Waals surface area contributed by atoms with Crippen molar-refractivity contribution in [3.05, 3.63) is 46.3 Å². The summed E-state index contributed by atoms with van der Waals surface area (Å²) in [6.45, 7) is 7.75. The van der Waals surface area contributed by atoms with Crippen LogP contribution in [0.15, 0.2) is 22.7 Å². The summed E-state index contributed by atoms with van der Waals surface area (Å²) in [5.74, 6) is 1.57. The zero-order chi connectivity index (χ0) is 17.0. The molecule has 0 aliphatic heterocycles. The van der Waals surface area contributed by atoms with E-state index in [4.69, 9.17) is 9.26 Å². The number of aromatic nitrogens is 1. The molecule has 0 saturated heterocycles. The maximum atomic E-state index is 12.2. The number of benzene rings is 1. The number of rotatable bonds is 6. The molecule has 5 nitrogen and oxygen atoms in total. The van der Waals surface area contributed by atoms with E-state index >= 15 is 0 Å². The van der Waals surface area contributed by atoms with Crippen molar-refractivity contribution < 1.29 is 14.1 Å². The van der Waals surface area contributed by atoms with Crippen LogP contribution in [0.2, 0.25) is 0 Å². The van der Waals surface area contributed by atoms with Gasteiger partial charge in [0.2, 0.25) is 5.91 Å². The summed E-state index contributed by atoms with van der Waals surface area (Å²) in [5, 5.41) is 6.94. The number of amides is 1. The number of carbonyl (C=O) groups is 1. The second-order valence-electron chi connectivity index (χ2n) is 5.84. The summed E-state index contributed by atoms with van der Waals surface area (Å²) in [6.07, 6.45) is 1.03. The van der Waals surface area contributed by atoms with Crippen LogP contribution in [-0.4, -0.2) is 18.2 Å². The van der Waals surface area contributed by atoms with E-state index in [1.54, 1.807) is 7.11 Å². The molecular formula is C18H24N2O3. The molecule has 1 N–H and O–H groups in total. The number of nitrogens with one attached hydrogen (secondary N) is 1. The molecule has 0 fully saturated rings. The molecule has 23 heavy (non-hydrogen) atoms. The second kappa shape index (κ2) is 7.31. The quantitative estimate of drug-likeness (QED) is 0.887. The maximum absolute atomic E-state index is 12.2. The predicted molar refractivity (Wildman–Crippen MR) is 88.6 cm³/mol. The lowest BCUT2D eigenvalue weighted by Crippen LogP contribution is -2.27. The molecule has 124 valence electrons. The Hall–Kier alpha value is -2.30. The van der Waals surface area contributed by atoms with Crippen LogP contribution in [-0.2, 0) is 11.2 Å². The topological polar surface area (TPSA) is 64.4 Å². The van der Waals surface area contributed by atoms with Crippen molar-refractivity contribution in [2.75, 3.05) is 7.11 Å². The van der Waals surface area contributed by atoms with Gasteiger partial charge in [-0.15, -0.1) is 0 Å². The summed E-state index contributed by atoms with van der Waals surface area (Å²) in [5.41, 5.74) is 3.99. The minimum absolute atomic E-state index is 0.000981. The van der Waals surface area contributed by atoms with Crippen LogP contribution in [0.5, 0.6) is 5.75 Å². The lowest BCUT2D eigenvalue weighted by atomic mass is 10.0. The van der Waals surface area contributed by atoms with Gasteiger partial charge in [0.25, 0.3) is 0 Å². The van der Waals surface area contributed by atoms with Crippen molar-refractivity contribution in [1.82, 2.24) is 10.5 Å². The van der Waals surface area contributed by atoms with Crippen molar-refractivity contribution in [2.24, 2.45) is 0 Å². The lowest BCUT2D eigenvalue weighted by Gasteiger charge is -2.18. The minimum Gasteiger partial charge on any atom is -0.496 e. The van der Waals surface area contributed by atoms with Gasteiger partial charge >= 0.3 is 0 Å². The van der Waals surface area contributed by atoms with Gasteiger partial charge in [0.1, 0.15) is 11.5 Å². The van der Waals surface area contributed by atoms with Gasteiger partial charge in [-0.3, -0.25) is 4.79 Å². The number of nitrogens with zero attached hydrogens (tertiary/aromatic N) is 1. The first-order valence-corrected chi connectivity index (χ1v) is 7.78. The second-order valence-corrected chi connectivity index (χ2v) is 5.84. The molecule has 5 heteroatoms. The lowest BCUT2D eigenvalue weighted by molar-refractivity contribution is -0.121. The average molecular weight is 316 g/mol. The standard InChI is InChI=1S/C18H24N2O3/c1-11-6-8-17(22-5)16(10-11)12(2)19-18(21)9-7-15-13(3)20-23-14(15)4/h6,8,10,12H,7,9H2,1-5H3,(H,19,21)/t12-/m0/s1. The number of hydrogen-bond donors (Lipinski definition) is 1. The molecule has 2 aromatic rings. The number of carbonyl (C=O) groups excluding carboxylic acids is 1. The Morgan fingerprint density at radius 2 is 2.09 bits per heavy atom. The van der Waals surface area contributed by atoms with Crippen LogP contribution in [0, 0.1) is 20.8 Å². The monoisotopic (exact) mass is 316 g/mol. The molecule has 1 aromatic carbocycles. The fraction of sp³-hybridized carbons (Fsp3) is 0.444. The average Bonchev–Trinajstić information content (AvgIpc) is 2.83. The zero-order valence-electron chi connectivity index (χ0n) is 14.4. The Kier molecular flexibility index (Phi) is 5.42. The van der Waals surface area contributed by atoms with Gasteiger partial charge in [-0.25, -0.2) is 0 Å². The van der Waals surface area contributed by atoms with Gasteiger partial charge in [0.05, 0.1) is 18.8 Å². The molecule has 0 saturated carbocycles. The fourth-order valence-corrected chi connectivity index (χ4v) is 2.68. The van der Waals surface area contributed by atoms with Crippen LogP contribution in [0.25, 0.3) is 0 Å². The van der Waals surface area contributed by atoms with Crippen LogP contribution in [0.3, 0.4) is 0 Å². The summed E-state index contributed by atoms with van der Waals surface area (Å²) in [4.78, 5) is 12.2. The number of aryl methyl sites for hydroxylation is 3. The van der Waals surface area contributed by atoms with E-state index in [-0.39, 0.29) is 11.9 Å². The SMILES string of the molecule is COc1ccc(C)cc1[C@H](C)NC(=O)CCc1c(C)noc1C. The summed E-state index contributed by atoms with van der Waals surface area (Å²) < 4.78 is 10.5. The molecule has 0 bridgehead atoms. The van der Waals surface area contributed by atoms with Gasteiger partial charge in [-0.1, -0.05) is 22.9 Å². The van der Waals surface area contributed by atoms with Crippen molar-refractivity contribution in [3.8, 4) is 5.75 Å². The minimum atomic E-state index is -0.109. The van der Waals surface area contributed by atoms with Gasteiger partial charge in [0.15, 0.2) is 0 Å². The first-order valence-electron chi connectivity index (χ1n) is 7.78. The Balaban J connectivity index is 1.99. The first kappa shape index (κ1) is 17.1. The highest BCUT2D eigenvalue weighted by atomic mass is 16.5. The third kappa shape index (κ3) is 4.12. The molecule has 0 aliphatic rings. The van der Waals surface area contributed by atoms with Crippen LogP contribution in [0.1, 0.15) is 47.5 Å². The number of methoxy groups -OCH3 is 1. The molecule has 1 amide bonds. The highest BCUT2D eigenvalue weighted by molar-refractivity contribution is 5.76. The van der Waals surface area contributed by atoms with E-state index in [1.807, 2.05) is 45.9 Å².